The summed E-state index contributed by atoms with van der Waals surface area (Å²) in [7, 11) is 0. The van der Waals surface area contributed by atoms with E-state index in [-0.39, 0.29) is 24.8 Å². The molecule has 4 nitrogen and oxygen atoms in total. The molecule has 0 radical (unpaired) electrons. The minimum atomic E-state index is -0.274. The van der Waals surface area contributed by atoms with Crippen LogP contribution in [0.4, 0.5) is 4.79 Å². The minimum Gasteiger partial charge on any atom is -0.445 e. The molecule has 0 aliphatic carbocycles. The summed E-state index contributed by atoms with van der Waals surface area (Å²) in [4.78, 5) is 14.6. The van der Waals surface area contributed by atoms with E-state index in [9.17, 15) is 4.79 Å². The van der Waals surface area contributed by atoms with Crippen LogP contribution in [0.15, 0.2) is 67.3 Å². The summed E-state index contributed by atoms with van der Waals surface area (Å²) in [6.07, 6.45) is 4.50. The van der Waals surface area contributed by atoms with Crippen LogP contribution in [0.5, 0.6) is 0 Å². The SMILES string of the molecule is C=Cc1ccccc1C1=CC2COCC(C1)N2C(=O)OCc1ccccc1. The van der Waals surface area contributed by atoms with Crippen LogP contribution in [0, 0.1) is 0 Å². The molecule has 2 aromatic carbocycles. The molecular weight excluding hydrogens is 338 g/mol. The number of carbonyl (C=O) groups excluding carboxylic acids is 1. The largest absolute Gasteiger partial charge is 0.445 e. The van der Waals surface area contributed by atoms with Crippen LogP contribution >= 0.6 is 0 Å². The van der Waals surface area contributed by atoms with Crippen LogP contribution in [0.2, 0.25) is 0 Å². The van der Waals surface area contributed by atoms with Crippen molar-refractivity contribution in [2.24, 2.45) is 0 Å². The van der Waals surface area contributed by atoms with Crippen molar-refractivity contribution in [2.75, 3.05) is 13.2 Å². The smallest absolute Gasteiger partial charge is 0.411 e. The summed E-state index contributed by atoms with van der Waals surface area (Å²) in [6.45, 7) is 5.23. The van der Waals surface area contributed by atoms with Gasteiger partial charge >= 0.3 is 6.09 Å². The van der Waals surface area contributed by atoms with Crippen molar-refractivity contribution in [1.82, 2.24) is 4.90 Å². The van der Waals surface area contributed by atoms with Gasteiger partial charge in [-0.3, -0.25) is 4.90 Å². The Hall–Kier alpha value is -2.85. The highest BCUT2D eigenvalue weighted by Crippen LogP contribution is 2.34. The zero-order valence-electron chi connectivity index (χ0n) is 15.2. The Balaban J connectivity index is 1.53. The first-order valence-electron chi connectivity index (χ1n) is 9.25. The third kappa shape index (κ3) is 3.67. The highest BCUT2D eigenvalue weighted by Gasteiger charge is 2.39. The van der Waals surface area contributed by atoms with E-state index < -0.39 is 0 Å². The second-order valence-corrected chi connectivity index (χ2v) is 6.89. The Morgan fingerprint density at radius 3 is 2.70 bits per heavy atom. The summed E-state index contributed by atoms with van der Waals surface area (Å²) < 4.78 is 11.3. The molecule has 2 atom stereocenters. The van der Waals surface area contributed by atoms with Gasteiger partial charge in [0.1, 0.15) is 6.61 Å². The van der Waals surface area contributed by atoms with Crippen LogP contribution < -0.4 is 0 Å². The van der Waals surface area contributed by atoms with Gasteiger partial charge in [0, 0.05) is 0 Å². The van der Waals surface area contributed by atoms with Crippen molar-refractivity contribution in [1.29, 1.82) is 0 Å². The average Bonchev–Trinajstić information content (AvgIpc) is 2.71. The molecule has 0 aromatic heterocycles. The zero-order valence-corrected chi connectivity index (χ0v) is 15.2. The molecule has 2 bridgehead atoms. The maximum absolute atomic E-state index is 12.8. The Morgan fingerprint density at radius 2 is 1.93 bits per heavy atom. The third-order valence-electron chi connectivity index (χ3n) is 5.14. The maximum atomic E-state index is 12.8. The number of fused-ring (bicyclic) bond motifs is 2. The highest BCUT2D eigenvalue weighted by atomic mass is 16.6. The average molecular weight is 361 g/mol. The van der Waals surface area contributed by atoms with Gasteiger partial charge < -0.3 is 9.47 Å². The second kappa shape index (κ2) is 7.80. The van der Waals surface area contributed by atoms with Gasteiger partial charge in [0.15, 0.2) is 0 Å². The van der Waals surface area contributed by atoms with Crippen molar-refractivity contribution in [3.05, 3.63) is 83.9 Å². The quantitative estimate of drug-likeness (QED) is 0.803. The number of hydrogen-bond acceptors (Lipinski definition) is 3. The van der Waals surface area contributed by atoms with Crippen LogP contribution in [0.3, 0.4) is 0 Å². The molecule has 2 unspecified atom stereocenters. The molecule has 1 saturated heterocycles. The van der Waals surface area contributed by atoms with E-state index in [0.717, 1.165) is 17.5 Å². The van der Waals surface area contributed by atoms with Gasteiger partial charge in [-0.1, -0.05) is 73.3 Å². The van der Waals surface area contributed by atoms with Gasteiger partial charge in [-0.15, -0.1) is 0 Å². The molecule has 1 amide bonds. The normalized spacial score (nSPS) is 21.3. The van der Waals surface area contributed by atoms with Gasteiger partial charge in [0.05, 0.1) is 25.3 Å². The molecule has 0 saturated carbocycles. The van der Waals surface area contributed by atoms with Crippen LogP contribution in [0.1, 0.15) is 23.1 Å². The maximum Gasteiger partial charge on any atom is 0.411 e. The van der Waals surface area contributed by atoms with Crippen molar-refractivity contribution >= 4 is 17.7 Å². The van der Waals surface area contributed by atoms with Crippen molar-refractivity contribution in [2.45, 2.75) is 25.1 Å². The number of hydrogen-bond donors (Lipinski definition) is 0. The first-order valence-corrected chi connectivity index (χ1v) is 9.25. The molecule has 0 N–H and O–H groups in total. The van der Waals surface area contributed by atoms with E-state index in [1.807, 2.05) is 53.4 Å². The number of carbonyl (C=O) groups is 1. The van der Waals surface area contributed by atoms with E-state index in [2.05, 4.69) is 24.8 Å². The van der Waals surface area contributed by atoms with Gasteiger partial charge in [0.25, 0.3) is 0 Å². The van der Waals surface area contributed by atoms with Crippen LogP contribution in [-0.4, -0.2) is 36.3 Å². The fourth-order valence-corrected chi connectivity index (χ4v) is 3.84. The predicted octanol–water partition coefficient (Wildman–Crippen LogP) is 4.52. The topological polar surface area (TPSA) is 38.8 Å². The molecule has 27 heavy (non-hydrogen) atoms. The summed E-state index contributed by atoms with van der Waals surface area (Å²) in [5.74, 6) is 0. The van der Waals surface area contributed by atoms with Gasteiger partial charge in [-0.25, -0.2) is 4.79 Å². The Morgan fingerprint density at radius 1 is 1.15 bits per heavy atom. The van der Waals surface area contributed by atoms with Gasteiger partial charge in [-0.05, 0) is 28.7 Å². The van der Waals surface area contributed by atoms with E-state index in [4.69, 9.17) is 9.47 Å². The summed E-state index contributed by atoms with van der Waals surface area (Å²) in [5, 5.41) is 0. The molecule has 1 fully saturated rings. The number of amides is 1. The monoisotopic (exact) mass is 361 g/mol. The highest BCUT2D eigenvalue weighted by molar-refractivity contribution is 5.78. The van der Waals surface area contributed by atoms with Crippen LogP contribution in [-0.2, 0) is 16.1 Å². The lowest BCUT2D eigenvalue weighted by molar-refractivity contribution is -0.0342. The molecule has 0 spiro atoms. The Labute approximate surface area is 159 Å². The van der Waals surface area contributed by atoms with E-state index >= 15 is 0 Å². The number of ether oxygens (including phenoxy) is 2. The molecule has 2 aliphatic heterocycles. The number of nitrogens with zero attached hydrogens (tertiary/aromatic N) is 1. The summed E-state index contributed by atoms with van der Waals surface area (Å²) in [6, 6.07) is 17.9. The minimum absolute atomic E-state index is 0.00936. The molecule has 138 valence electrons. The molecule has 4 rings (SSSR count). The summed E-state index contributed by atoms with van der Waals surface area (Å²) >= 11 is 0. The van der Waals surface area contributed by atoms with E-state index in [1.165, 1.54) is 11.1 Å². The van der Waals surface area contributed by atoms with Crippen LogP contribution in [0.25, 0.3) is 11.6 Å². The molecule has 2 aliphatic rings. The standard InChI is InChI=1S/C23H23NO3/c1-2-18-10-6-7-11-22(18)19-12-20-15-26-16-21(13-19)24(20)23(25)27-14-17-8-4-3-5-9-17/h2-12,20-21H,1,13-16H2. The Kier molecular flexibility index (Phi) is 5.07. The summed E-state index contributed by atoms with van der Waals surface area (Å²) in [5.41, 5.74) is 4.53. The molecule has 2 aromatic rings. The van der Waals surface area contributed by atoms with Gasteiger partial charge in [0.2, 0.25) is 0 Å². The predicted molar refractivity (Wildman–Crippen MR) is 106 cm³/mol. The first kappa shape index (κ1) is 17.6. The van der Waals surface area contributed by atoms with E-state index in [0.29, 0.717) is 13.2 Å². The van der Waals surface area contributed by atoms with Crippen molar-refractivity contribution < 1.29 is 14.3 Å². The fraction of sp³-hybridized carbons (Fsp3) is 0.261. The van der Waals surface area contributed by atoms with E-state index in [1.54, 1.807) is 0 Å². The number of benzene rings is 2. The second-order valence-electron chi connectivity index (χ2n) is 6.89. The lowest BCUT2D eigenvalue weighted by Gasteiger charge is -2.44. The first-order chi connectivity index (χ1) is 13.3. The number of rotatable bonds is 4. The molecule has 2 heterocycles. The third-order valence-corrected chi connectivity index (χ3v) is 5.14. The van der Waals surface area contributed by atoms with Gasteiger partial charge in [-0.2, -0.15) is 0 Å². The molecule has 4 heteroatoms. The molecular formula is C23H23NO3. The van der Waals surface area contributed by atoms with Crippen molar-refractivity contribution in [3.8, 4) is 0 Å². The lowest BCUT2D eigenvalue weighted by atomic mass is 9.88. The Bertz CT molecular complexity index is 859. The fourth-order valence-electron chi connectivity index (χ4n) is 3.84. The van der Waals surface area contributed by atoms with Crippen molar-refractivity contribution in [3.63, 3.8) is 0 Å². The zero-order chi connectivity index (χ0) is 18.6. The lowest BCUT2D eigenvalue weighted by Crippen LogP contribution is -2.56. The number of morpholine rings is 1.